The van der Waals surface area contributed by atoms with E-state index in [-0.39, 0.29) is 0 Å². The molecule has 0 radical (unpaired) electrons. The zero-order valence-corrected chi connectivity index (χ0v) is 16.3. The van der Waals surface area contributed by atoms with Gasteiger partial charge >= 0.3 is 5.17 Å². The molecule has 0 saturated carbocycles. The van der Waals surface area contributed by atoms with Gasteiger partial charge in [-0.1, -0.05) is 12.1 Å². The maximum Gasteiger partial charge on any atom is 0.316 e. The number of aliphatic hydroxyl groups is 1. The zero-order valence-electron chi connectivity index (χ0n) is 15.5. The summed E-state index contributed by atoms with van der Waals surface area (Å²) >= 11 is 1.84. The number of aryl methyl sites for hydroxylation is 2. The molecule has 0 aliphatic carbocycles. The molecule has 4 nitrogen and oxygen atoms in total. The summed E-state index contributed by atoms with van der Waals surface area (Å²) in [6.45, 7) is 5.65. The highest BCUT2D eigenvalue weighted by Gasteiger charge is 2.53. The van der Waals surface area contributed by atoms with Gasteiger partial charge in [0.1, 0.15) is 11.4 Å². The molecule has 0 spiro atoms. The second-order valence-corrected chi connectivity index (χ2v) is 8.12. The van der Waals surface area contributed by atoms with Gasteiger partial charge in [-0.05, 0) is 73.5 Å². The number of ether oxygens (including phenoxy) is 1. The van der Waals surface area contributed by atoms with Gasteiger partial charge in [-0.2, -0.15) is 0 Å². The normalized spacial score (nSPS) is 22.5. The first-order valence-corrected chi connectivity index (χ1v) is 10.0. The van der Waals surface area contributed by atoms with Crippen molar-refractivity contribution in [2.75, 3.05) is 30.9 Å². The Kier molecular flexibility index (Phi) is 4.45. The van der Waals surface area contributed by atoms with Crippen molar-refractivity contribution in [1.82, 2.24) is 0 Å². The van der Waals surface area contributed by atoms with Crippen LogP contribution in [-0.4, -0.2) is 40.8 Å². The van der Waals surface area contributed by atoms with Gasteiger partial charge in [0.2, 0.25) is 0 Å². The molecule has 0 fully saturated rings. The van der Waals surface area contributed by atoms with Crippen LogP contribution in [0.1, 0.15) is 23.1 Å². The molecular weight excluding hydrogens is 344 g/mol. The van der Waals surface area contributed by atoms with E-state index in [0.29, 0.717) is 6.54 Å². The summed E-state index contributed by atoms with van der Waals surface area (Å²) in [5.74, 6) is 1.89. The molecule has 4 rings (SSSR count). The average molecular weight is 370 g/mol. The van der Waals surface area contributed by atoms with Crippen molar-refractivity contribution >= 4 is 22.6 Å². The van der Waals surface area contributed by atoms with Crippen molar-refractivity contribution in [3.8, 4) is 5.75 Å². The van der Waals surface area contributed by atoms with Gasteiger partial charge in [-0.15, -0.1) is 0 Å². The van der Waals surface area contributed by atoms with Gasteiger partial charge in [-0.25, -0.2) is 9.48 Å². The number of nitrogens with zero attached hydrogens (tertiary/aromatic N) is 2. The van der Waals surface area contributed by atoms with Crippen molar-refractivity contribution in [3.63, 3.8) is 0 Å². The Balaban J connectivity index is 1.80. The lowest BCUT2D eigenvalue weighted by molar-refractivity contribution is -0.656. The summed E-state index contributed by atoms with van der Waals surface area (Å²) in [4.78, 5) is 2.29. The molecular formula is C21H25N2O2S+. The van der Waals surface area contributed by atoms with E-state index in [1.165, 1.54) is 16.8 Å². The second kappa shape index (κ2) is 6.63. The lowest BCUT2D eigenvalue weighted by Crippen LogP contribution is -2.41. The smallest absolute Gasteiger partial charge is 0.316 e. The standard InChI is InChI=1S/C21H25N2O2S/c1-15-5-6-16(2)19(13-15)22-14-21(24,23-11-4-12-26-20(22)23)17-7-9-18(25-3)10-8-17/h5-10,13,24H,4,11-12,14H2,1-3H3/q+1/t21-/m1/s1. The van der Waals surface area contributed by atoms with Crippen LogP contribution >= 0.6 is 11.8 Å². The molecule has 0 unspecified atom stereocenters. The minimum absolute atomic E-state index is 0.534. The molecule has 2 aromatic carbocycles. The van der Waals surface area contributed by atoms with E-state index in [0.717, 1.165) is 35.2 Å². The predicted molar refractivity (Wildman–Crippen MR) is 107 cm³/mol. The maximum atomic E-state index is 11.7. The van der Waals surface area contributed by atoms with Crippen LogP contribution < -0.4 is 9.64 Å². The summed E-state index contributed by atoms with van der Waals surface area (Å²) in [5.41, 5.74) is 3.53. The fourth-order valence-electron chi connectivity index (χ4n) is 3.80. The van der Waals surface area contributed by atoms with Gasteiger partial charge in [0.05, 0.1) is 13.7 Å². The highest BCUT2D eigenvalue weighted by molar-refractivity contribution is 8.13. The maximum absolute atomic E-state index is 11.7. The summed E-state index contributed by atoms with van der Waals surface area (Å²) in [5, 5.41) is 12.9. The predicted octanol–water partition coefficient (Wildman–Crippen LogP) is 3.48. The van der Waals surface area contributed by atoms with Crippen LogP contribution in [0.25, 0.3) is 0 Å². The molecule has 2 aliphatic rings. The minimum Gasteiger partial charge on any atom is -0.497 e. The number of methoxy groups -OCH3 is 1. The molecule has 2 heterocycles. The Bertz CT molecular complexity index is 863. The Morgan fingerprint density at radius 1 is 1.15 bits per heavy atom. The highest BCUT2D eigenvalue weighted by atomic mass is 32.2. The van der Waals surface area contributed by atoms with E-state index in [1.54, 1.807) is 7.11 Å². The molecule has 2 aromatic rings. The van der Waals surface area contributed by atoms with Crippen molar-refractivity contribution < 1.29 is 14.4 Å². The largest absolute Gasteiger partial charge is 0.497 e. The zero-order chi connectivity index (χ0) is 18.3. The molecule has 0 aromatic heterocycles. The Morgan fingerprint density at radius 2 is 1.92 bits per heavy atom. The van der Waals surface area contributed by atoms with Crippen LogP contribution in [0.15, 0.2) is 42.5 Å². The van der Waals surface area contributed by atoms with Crippen molar-refractivity contribution in [2.45, 2.75) is 26.0 Å². The third kappa shape index (κ3) is 2.79. The number of anilines is 1. The molecule has 0 bridgehead atoms. The molecule has 1 atom stereocenters. The van der Waals surface area contributed by atoms with E-state index < -0.39 is 5.72 Å². The van der Waals surface area contributed by atoms with E-state index in [1.807, 2.05) is 36.0 Å². The fourth-order valence-corrected chi connectivity index (χ4v) is 4.98. The Labute approximate surface area is 159 Å². The number of β-amino-alcohol motifs (C(OH)–C–C–N with tert-alkyl or cyclic N) is 1. The van der Waals surface area contributed by atoms with E-state index in [2.05, 4.69) is 41.5 Å². The first kappa shape index (κ1) is 17.4. The first-order valence-electron chi connectivity index (χ1n) is 9.02. The number of amidine groups is 1. The summed E-state index contributed by atoms with van der Waals surface area (Å²) in [6, 6.07) is 14.3. The third-order valence-electron chi connectivity index (χ3n) is 5.25. The van der Waals surface area contributed by atoms with Gasteiger partial charge in [0.15, 0.2) is 6.54 Å². The molecule has 136 valence electrons. The monoisotopic (exact) mass is 369 g/mol. The van der Waals surface area contributed by atoms with Gasteiger partial charge < -0.3 is 9.84 Å². The van der Waals surface area contributed by atoms with Crippen LogP contribution in [0.2, 0.25) is 0 Å². The first-order chi connectivity index (χ1) is 12.5. The number of benzene rings is 2. The van der Waals surface area contributed by atoms with Crippen molar-refractivity contribution in [1.29, 1.82) is 0 Å². The SMILES string of the molecule is COc1ccc([C@]2(O)CN(c3cc(C)ccc3C)C3=[N+]2CCCS3)cc1. The second-order valence-electron chi connectivity index (χ2n) is 7.06. The number of hydrogen-bond acceptors (Lipinski definition) is 4. The van der Waals surface area contributed by atoms with Crippen LogP contribution in [0.3, 0.4) is 0 Å². The van der Waals surface area contributed by atoms with Crippen LogP contribution in [0.4, 0.5) is 5.69 Å². The Hall–Kier alpha value is -1.98. The van der Waals surface area contributed by atoms with E-state index in [9.17, 15) is 5.11 Å². The number of thioether (sulfide) groups is 1. The van der Waals surface area contributed by atoms with E-state index >= 15 is 0 Å². The quantitative estimate of drug-likeness (QED) is 0.841. The fraction of sp³-hybridized carbons (Fsp3) is 0.381. The molecule has 1 N–H and O–H groups in total. The summed E-state index contributed by atoms with van der Waals surface area (Å²) in [7, 11) is 1.66. The van der Waals surface area contributed by atoms with Crippen molar-refractivity contribution in [3.05, 3.63) is 59.2 Å². The topological polar surface area (TPSA) is 35.7 Å². The third-order valence-corrected chi connectivity index (χ3v) is 6.44. The van der Waals surface area contributed by atoms with Crippen LogP contribution in [-0.2, 0) is 5.72 Å². The molecule has 0 saturated heterocycles. The van der Waals surface area contributed by atoms with Crippen LogP contribution in [0.5, 0.6) is 5.75 Å². The van der Waals surface area contributed by atoms with Crippen LogP contribution in [0, 0.1) is 13.8 Å². The van der Waals surface area contributed by atoms with Gasteiger partial charge in [-0.3, -0.25) is 0 Å². The average Bonchev–Trinajstić information content (AvgIpc) is 2.98. The Morgan fingerprint density at radius 3 is 2.65 bits per heavy atom. The van der Waals surface area contributed by atoms with Crippen molar-refractivity contribution in [2.24, 2.45) is 0 Å². The summed E-state index contributed by atoms with van der Waals surface area (Å²) < 4.78 is 7.45. The number of rotatable bonds is 3. The lowest BCUT2D eigenvalue weighted by Gasteiger charge is -2.24. The number of hydrogen-bond donors (Lipinski definition) is 1. The molecule has 2 aliphatic heterocycles. The molecule has 26 heavy (non-hydrogen) atoms. The van der Waals surface area contributed by atoms with Gasteiger partial charge in [0.25, 0.3) is 5.72 Å². The highest BCUT2D eigenvalue weighted by Crippen LogP contribution is 2.39. The van der Waals surface area contributed by atoms with E-state index in [4.69, 9.17) is 4.74 Å². The minimum atomic E-state index is -1.02. The molecule has 0 amide bonds. The summed E-state index contributed by atoms with van der Waals surface area (Å²) in [6.07, 6.45) is 1.08. The molecule has 5 heteroatoms. The lowest BCUT2D eigenvalue weighted by atomic mass is 10.0. The van der Waals surface area contributed by atoms with Gasteiger partial charge in [0, 0.05) is 11.3 Å².